The van der Waals surface area contributed by atoms with Gasteiger partial charge in [-0.15, -0.1) is 22.7 Å². The van der Waals surface area contributed by atoms with E-state index in [2.05, 4.69) is 34.2 Å². The third-order valence-corrected chi connectivity index (χ3v) is 6.68. The van der Waals surface area contributed by atoms with E-state index in [0.717, 1.165) is 29.3 Å². The zero-order valence-electron chi connectivity index (χ0n) is 11.4. The van der Waals surface area contributed by atoms with Gasteiger partial charge in [0.1, 0.15) is 15.9 Å². The minimum Gasteiger partial charge on any atom is -0.312 e. The summed E-state index contributed by atoms with van der Waals surface area (Å²) in [6.07, 6.45) is 3.06. The van der Waals surface area contributed by atoms with Crippen LogP contribution in [0.3, 0.4) is 0 Å². The van der Waals surface area contributed by atoms with Gasteiger partial charge >= 0.3 is 0 Å². The van der Waals surface area contributed by atoms with E-state index in [1.165, 1.54) is 16.2 Å². The van der Waals surface area contributed by atoms with Crippen LogP contribution in [0, 0.1) is 17.2 Å². The van der Waals surface area contributed by atoms with Crippen molar-refractivity contribution in [3.8, 4) is 6.07 Å². The van der Waals surface area contributed by atoms with Gasteiger partial charge in [0.15, 0.2) is 0 Å². The summed E-state index contributed by atoms with van der Waals surface area (Å²) >= 11 is 6.31. The molecule has 3 nitrogen and oxygen atoms in total. The van der Waals surface area contributed by atoms with Gasteiger partial charge in [0, 0.05) is 9.35 Å². The molecule has 2 aromatic heterocycles. The van der Waals surface area contributed by atoms with Crippen molar-refractivity contribution in [2.24, 2.45) is 5.92 Å². The van der Waals surface area contributed by atoms with Crippen molar-refractivity contribution in [3.05, 3.63) is 36.8 Å². The fourth-order valence-corrected chi connectivity index (χ4v) is 5.38. The van der Waals surface area contributed by atoms with Gasteiger partial charge in [0.25, 0.3) is 5.91 Å². The molecule has 0 bridgehead atoms. The second-order valence-electron chi connectivity index (χ2n) is 5.22. The number of anilines is 1. The van der Waals surface area contributed by atoms with Crippen LogP contribution in [0.1, 0.15) is 39.0 Å². The largest absolute Gasteiger partial charge is 0.312 e. The highest BCUT2D eigenvalue weighted by Gasteiger charge is 2.25. The molecule has 21 heavy (non-hydrogen) atoms. The van der Waals surface area contributed by atoms with Gasteiger partial charge in [0.2, 0.25) is 0 Å². The highest BCUT2D eigenvalue weighted by Crippen LogP contribution is 2.39. The molecule has 1 amide bonds. The Hall–Kier alpha value is -1.16. The second kappa shape index (κ2) is 5.91. The Labute approximate surface area is 139 Å². The molecule has 0 saturated heterocycles. The number of rotatable bonds is 2. The van der Waals surface area contributed by atoms with Crippen molar-refractivity contribution < 1.29 is 4.79 Å². The number of fused-ring (bicyclic) bond motifs is 1. The van der Waals surface area contributed by atoms with E-state index >= 15 is 0 Å². The molecule has 0 fully saturated rings. The molecule has 0 radical (unpaired) electrons. The lowest BCUT2D eigenvalue weighted by Crippen LogP contribution is -2.11. The summed E-state index contributed by atoms with van der Waals surface area (Å²) in [7, 11) is 0. The fourth-order valence-electron chi connectivity index (χ4n) is 2.57. The van der Waals surface area contributed by atoms with Crippen LogP contribution in [0.4, 0.5) is 5.00 Å². The number of thiophene rings is 2. The third kappa shape index (κ3) is 2.78. The minimum absolute atomic E-state index is 0.153. The minimum atomic E-state index is -0.153. The van der Waals surface area contributed by atoms with Gasteiger partial charge < -0.3 is 5.32 Å². The Bertz CT molecular complexity index is 741. The Morgan fingerprint density at radius 3 is 3.05 bits per heavy atom. The van der Waals surface area contributed by atoms with Crippen molar-refractivity contribution in [2.75, 3.05) is 5.32 Å². The first kappa shape index (κ1) is 14.8. The summed E-state index contributed by atoms with van der Waals surface area (Å²) in [4.78, 5) is 14.2. The quantitative estimate of drug-likeness (QED) is 0.811. The van der Waals surface area contributed by atoms with Crippen molar-refractivity contribution in [1.82, 2.24) is 0 Å². The van der Waals surface area contributed by atoms with E-state index in [1.807, 2.05) is 11.4 Å². The number of carbonyl (C=O) groups is 1. The monoisotopic (exact) mass is 380 g/mol. The van der Waals surface area contributed by atoms with E-state index in [1.54, 1.807) is 11.3 Å². The van der Waals surface area contributed by atoms with Crippen LogP contribution in [0.2, 0.25) is 0 Å². The van der Waals surface area contributed by atoms with Crippen molar-refractivity contribution in [1.29, 1.82) is 5.26 Å². The maximum atomic E-state index is 12.3. The zero-order valence-corrected chi connectivity index (χ0v) is 14.6. The molecule has 1 atom stereocenters. The SMILES string of the molecule is CC1CCc2c(sc(NC(=O)c3sccc3Br)c2C#N)C1. The van der Waals surface area contributed by atoms with E-state index in [0.29, 0.717) is 21.4 Å². The summed E-state index contributed by atoms with van der Waals surface area (Å²) in [5.41, 5.74) is 1.80. The Balaban J connectivity index is 1.91. The first-order valence-corrected chi connectivity index (χ1v) is 9.18. The lowest BCUT2D eigenvalue weighted by molar-refractivity contribution is 0.103. The smallest absolute Gasteiger partial charge is 0.267 e. The highest BCUT2D eigenvalue weighted by atomic mass is 79.9. The van der Waals surface area contributed by atoms with Crippen LogP contribution in [0.5, 0.6) is 0 Å². The Morgan fingerprint density at radius 2 is 2.38 bits per heavy atom. The zero-order chi connectivity index (χ0) is 15.0. The fraction of sp³-hybridized carbons (Fsp3) is 0.333. The maximum absolute atomic E-state index is 12.3. The topological polar surface area (TPSA) is 52.9 Å². The molecule has 2 heterocycles. The second-order valence-corrected chi connectivity index (χ2v) is 8.10. The third-order valence-electron chi connectivity index (χ3n) is 3.67. The predicted octanol–water partition coefficient (Wildman–Crippen LogP) is 4.82. The van der Waals surface area contributed by atoms with E-state index in [-0.39, 0.29) is 5.91 Å². The van der Waals surface area contributed by atoms with Crippen LogP contribution in [-0.4, -0.2) is 5.91 Å². The molecule has 1 unspecified atom stereocenters. The summed E-state index contributed by atoms with van der Waals surface area (Å²) in [6.45, 7) is 2.23. The predicted molar refractivity (Wildman–Crippen MR) is 90.2 cm³/mol. The van der Waals surface area contributed by atoms with Crippen LogP contribution in [0.15, 0.2) is 15.9 Å². The lowest BCUT2D eigenvalue weighted by Gasteiger charge is -2.17. The molecule has 2 aromatic rings. The molecule has 0 saturated carbocycles. The number of nitriles is 1. The number of hydrogen-bond acceptors (Lipinski definition) is 4. The van der Waals surface area contributed by atoms with Crippen LogP contribution in [-0.2, 0) is 12.8 Å². The van der Waals surface area contributed by atoms with E-state index in [9.17, 15) is 10.1 Å². The van der Waals surface area contributed by atoms with Gasteiger partial charge in [0.05, 0.1) is 5.56 Å². The van der Waals surface area contributed by atoms with Crippen LogP contribution < -0.4 is 5.32 Å². The molecule has 0 aliphatic heterocycles. The average molecular weight is 381 g/mol. The molecule has 0 spiro atoms. The molecule has 1 aliphatic rings. The maximum Gasteiger partial charge on any atom is 0.267 e. The number of nitrogens with one attached hydrogen (secondary N) is 1. The number of nitrogens with zero attached hydrogens (tertiary/aromatic N) is 1. The summed E-state index contributed by atoms with van der Waals surface area (Å²) in [5.74, 6) is 0.498. The van der Waals surface area contributed by atoms with Crippen molar-refractivity contribution in [3.63, 3.8) is 0 Å². The van der Waals surface area contributed by atoms with Crippen LogP contribution >= 0.6 is 38.6 Å². The van der Waals surface area contributed by atoms with Crippen LogP contribution in [0.25, 0.3) is 0 Å². The van der Waals surface area contributed by atoms with E-state index in [4.69, 9.17) is 0 Å². The molecule has 0 aromatic carbocycles. The molecule has 1 N–H and O–H groups in total. The van der Waals surface area contributed by atoms with Gasteiger partial charge in [-0.05, 0) is 58.1 Å². The highest BCUT2D eigenvalue weighted by molar-refractivity contribution is 9.10. The molecular weight excluding hydrogens is 368 g/mol. The number of amides is 1. The van der Waals surface area contributed by atoms with Crippen molar-refractivity contribution >= 4 is 49.5 Å². The summed E-state index contributed by atoms with van der Waals surface area (Å²) in [5, 5.41) is 14.9. The van der Waals surface area contributed by atoms with Gasteiger partial charge in [-0.1, -0.05) is 6.92 Å². The number of carbonyl (C=O) groups excluding carboxylic acids is 1. The molecule has 108 valence electrons. The number of halogens is 1. The number of hydrogen-bond donors (Lipinski definition) is 1. The van der Waals surface area contributed by atoms with Gasteiger partial charge in [-0.25, -0.2) is 0 Å². The van der Waals surface area contributed by atoms with E-state index < -0.39 is 0 Å². The summed E-state index contributed by atoms with van der Waals surface area (Å²) in [6, 6.07) is 4.12. The van der Waals surface area contributed by atoms with Gasteiger partial charge in [-0.3, -0.25) is 4.79 Å². The Kier molecular flexibility index (Phi) is 4.16. The summed E-state index contributed by atoms with van der Waals surface area (Å²) < 4.78 is 0.790. The van der Waals surface area contributed by atoms with Crippen molar-refractivity contribution in [2.45, 2.75) is 26.2 Å². The molecule has 1 aliphatic carbocycles. The molecule has 3 rings (SSSR count). The standard InChI is InChI=1S/C15H13BrN2OS2/c1-8-2-3-9-10(7-17)15(21-12(9)6-8)18-14(19)13-11(16)4-5-20-13/h4-5,8H,2-3,6H2,1H3,(H,18,19). The lowest BCUT2D eigenvalue weighted by atomic mass is 9.89. The normalized spacial score (nSPS) is 17.1. The molecular formula is C15H13BrN2OS2. The Morgan fingerprint density at radius 1 is 1.57 bits per heavy atom. The first-order chi connectivity index (χ1) is 10.1. The van der Waals surface area contributed by atoms with Gasteiger partial charge in [-0.2, -0.15) is 5.26 Å². The first-order valence-electron chi connectivity index (χ1n) is 6.69. The average Bonchev–Trinajstić information content (AvgIpc) is 3.01. The molecule has 6 heteroatoms.